The number of fused-ring (bicyclic) bond motifs is 1. The lowest BCUT2D eigenvalue weighted by atomic mass is 10.1. The molecule has 1 amide bonds. The number of hydrogen-bond donors (Lipinski definition) is 3. The van der Waals surface area contributed by atoms with Crippen LogP contribution in [0.4, 0.5) is 0 Å². The van der Waals surface area contributed by atoms with Crippen LogP contribution in [0, 0.1) is 0 Å². The maximum absolute atomic E-state index is 12.4. The van der Waals surface area contributed by atoms with Crippen LogP contribution < -0.4 is 10.5 Å². The number of sulfonamides is 1. The largest absolute Gasteiger partial charge is 0.360 e. The van der Waals surface area contributed by atoms with Crippen molar-refractivity contribution in [3.05, 3.63) is 60.3 Å². The van der Waals surface area contributed by atoms with Gasteiger partial charge in [0.05, 0.1) is 10.6 Å². The van der Waals surface area contributed by atoms with E-state index in [9.17, 15) is 13.2 Å². The molecular formula is C23H24N6O3S2. The summed E-state index contributed by atoms with van der Waals surface area (Å²) in [6, 6.07) is 14.8. The molecule has 0 bridgehead atoms. The van der Waals surface area contributed by atoms with Crippen LogP contribution in [0.25, 0.3) is 22.3 Å². The Morgan fingerprint density at radius 1 is 1.15 bits per heavy atom. The van der Waals surface area contributed by atoms with Crippen LogP contribution in [0.5, 0.6) is 0 Å². The first-order valence-corrected chi connectivity index (χ1v) is 13.5. The van der Waals surface area contributed by atoms with Gasteiger partial charge in [0.1, 0.15) is 0 Å². The van der Waals surface area contributed by atoms with Crippen molar-refractivity contribution >= 4 is 38.6 Å². The Morgan fingerprint density at radius 2 is 1.91 bits per heavy atom. The van der Waals surface area contributed by atoms with Crippen LogP contribution in [0.1, 0.15) is 24.4 Å². The monoisotopic (exact) mass is 496 g/mol. The minimum Gasteiger partial charge on any atom is -0.360 e. The third-order valence-electron chi connectivity index (χ3n) is 5.73. The van der Waals surface area contributed by atoms with E-state index in [4.69, 9.17) is 5.14 Å². The second kappa shape index (κ2) is 9.24. The predicted molar refractivity (Wildman–Crippen MR) is 131 cm³/mol. The number of primary sulfonamides is 1. The first-order chi connectivity index (χ1) is 16.4. The predicted octanol–water partition coefficient (Wildman–Crippen LogP) is 2.86. The van der Waals surface area contributed by atoms with Gasteiger partial charge in [0.15, 0.2) is 11.0 Å². The van der Waals surface area contributed by atoms with Crippen LogP contribution in [-0.4, -0.2) is 46.4 Å². The van der Waals surface area contributed by atoms with E-state index < -0.39 is 10.0 Å². The van der Waals surface area contributed by atoms with Crippen LogP contribution in [0.3, 0.4) is 0 Å². The van der Waals surface area contributed by atoms with Gasteiger partial charge in [0, 0.05) is 35.2 Å². The first kappa shape index (κ1) is 22.6. The van der Waals surface area contributed by atoms with Gasteiger partial charge in [-0.05, 0) is 43.0 Å². The summed E-state index contributed by atoms with van der Waals surface area (Å²) in [6.07, 6.45) is 4.71. The highest BCUT2D eigenvalue weighted by Crippen LogP contribution is 2.42. The van der Waals surface area contributed by atoms with Gasteiger partial charge < -0.3 is 10.3 Å². The van der Waals surface area contributed by atoms with Gasteiger partial charge >= 0.3 is 0 Å². The number of hydrogen-bond acceptors (Lipinski definition) is 6. The Bertz CT molecular complexity index is 1440. The molecule has 0 aliphatic heterocycles. The molecule has 4 N–H and O–H groups in total. The molecule has 0 unspecified atom stereocenters. The zero-order valence-corrected chi connectivity index (χ0v) is 19.9. The van der Waals surface area contributed by atoms with E-state index in [1.165, 1.54) is 23.9 Å². The average molecular weight is 497 g/mol. The molecule has 11 heteroatoms. The Labute approximate surface area is 201 Å². The van der Waals surface area contributed by atoms with Crippen molar-refractivity contribution in [2.75, 3.05) is 12.3 Å². The fourth-order valence-corrected chi connectivity index (χ4v) is 5.20. The molecule has 0 radical (unpaired) electrons. The minimum absolute atomic E-state index is 0.0727. The summed E-state index contributed by atoms with van der Waals surface area (Å²) < 4.78 is 24.8. The number of nitrogens with one attached hydrogen (secondary N) is 2. The molecule has 0 saturated heterocycles. The van der Waals surface area contributed by atoms with Gasteiger partial charge in [-0.25, -0.2) is 13.6 Å². The molecule has 1 aliphatic carbocycles. The van der Waals surface area contributed by atoms with E-state index in [1.54, 1.807) is 12.1 Å². The number of nitrogens with two attached hydrogens (primary N) is 1. The van der Waals surface area contributed by atoms with Gasteiger partial charge in [-0.2, -0.15) is 0 Å². The highest BCUT2D eigenvalue weighted by molar-refractivity contribution is 7.99. The molecule has 0 spiro atoms. The number of rotatable bonds is 9. The van der Waals surface area contributed by atoms with Crippen molar-refractivity contribution in [3.63, 3.8) is 0 Å². The van der Waals surface area contributed by atoms with Crippen molar-refractivity contribution in [1.29, 1.82) is 0 Å². The molecule has 2 heterocycles. The van der Waals surface area contributed by atoms with Crippen LogP contribution in [0.2, 0.25) is 0 Å². The van der Waals surface area contributed by atoms with E-state index in [0.29, 0.717) is 19.0 Å². The summed E-state index contributed by atoms with van der Waals surface area (Å²) in [5, 5.41) is 18.7. The van der Waals surface area contributed by atoms with Crippen LogP contribution in [0.15, 0.2) is 64.8 Å². The number of nitrogens with zero attached hydrogens (tertiary/aromatic N) is 3. The molecule has 2 aromatic carbocycles. The second-order valence-corrected chi connectivity index (χ2v) is 10.7. The van der Waals surface area contributed by atoms with E-state index in [0.717, 1.165) is 45.9 Å². The Hall–Kier alpha value is -3.15. The topological polar surface area (TPSA) is 136 Å². The number of carbonyl (C=O) groups is 1. The SMILES string of the molecule is NS(=O)(=O)c1ccc(CCNC(=O)CSc2nnc(-c3c[nH]c4ccccc34)n2C2CC2)cc1. The lowest BCUT2D eigenvalue weighted by molar-refractivity contribution is -0.118. The summed E-state index contributed by atoms with van der Waals surface area (Å²) in [4.78, 5) is 15.8. The van der Waals surface area contributed by atoms with Crippen LogP contribution >= 0.6 is 11.8 Å². The fraction of sp³-hybridized carbons (Fsp3) is 0.261. The molecule has 5 rings (SSSR count). The van der Waals surface area contributed by atoms with Crippen molar-refractivity contribution in [2.45, 2.75) is 35.4 Å². The number of thioether (sulfide) groups is 1. The zero-order valence-electron chi connectivity index (χ0n) is 18.3. The Kier molecular flexibility index (Phi) is 6.15. The summed E-state index contributed by atoms with van der Waals surface area (Å²) >= 11 is 1.38. The molecule has 9 nitrogen and oxygen atoms in total. The quantitative estimate of drug-likeness (QED) is 0.305. The Morgan fingerprint density at radius 3 is 2.65 bits per heavy atom. The third-order valence-corrected chi connectivity index (χ3v) is 7.60. The normalized spacial score (nSPS) is 13.9. The zero-order chi connectivity index (χ0) is 23.7. The second-order valence-electron chi connectivity index (χ2n) is 8.23. The van der Waals surface area contributed by atoms with Gasteiger partial charge in [-0.1, -0.05) is 42.1 Å². The number of carbonyl (C=O) groups excluding carboxylic acids is 1. The minimum atomic E-state index is -3.70. The molecule has 1 saturated carbocycles. The average Bonchev–Trinajstić information content (AvgIpc) is 3.43. The van der Waals surface area contributed by atoms with E-state index in [-0.39, 0.29) is 16.6 Å². The van der Waals surface area contributed by atoms with Crippen molar-refractivity contribution < 1.29 is 13.2 Å². The molecule has 1 aliphatic rings. The van der Waals surface area contributed by atoms with E-state index in [2.05, 4.69) is 31.1 Å². The molecular weight excluding hydrogens is 472 g/mol. The van der Waals surface area contributed by atoms with Crippen LogP contribution in [-0.2, 0) is 21.2 Å². The fourth-order valence-electron chi connectivity index (χ4n) is 3.85. The molecule has 176 valence electrons. The molecule has 1 fully saturated rings. The lowest BCUT2D eigenvalue weighted by Crippen LogP contribution is -2.27. The Balaban J connectivity index is 1.20. The smallest absolute Gasteiger partial charge is 0.238 e. The summed E-state index contributed by atoms with van der Waals surface area (Å²) in [6.45, 7) is 0.448. The molecule has 2 aromatic heterocycles. The van der Waals surface area contributed by atoms with E-state index >= 15 is 0 Å². The number of aromatic nitrogens is 4. The maximum atomic E-state index is 12.4. The standard InChI is InChI=1S/C23H24N6O3S2/c24-34(31,32)17-9-5-15(6-10-17)11-12-25-21(30)14-33-23-28-27-22(29(23)16-7-8-16)19-13-26-20-4-2-1-3-18(19)20/h1-6,9-10,13,16,26H,7-8,11-12,14H2,(H,25,30)(H2,24,31,32). The van der Waals surface area contributed by atoms with Crippen molar-refractivity contribution in [2.24, 2.45) is 5.14 Å². The van der Waals surface area contributed by atoms with Crippen molar-refractivity contribution in [1.82, 2.24) is 25.1 Å². The molecule has 0 atom stereocenters. The summed E-state index contributed by atoms with van der Waals surface area (Å²) in [7, 11) is -3.70. The maximum Gasteiger partial charge on any atom is 0.238 e. The van der Waals surface area contributed by atoms with Gasteiger partial charge in [-0.3, -0.25) is 9.36 Å². The number of benzene rings is 2. The van der Waals surface area contributed by atoms with E-state index in [1.807, 2.05) is 24.4 Å². The molecule has 4 aromatic rings. The highest BCUT2D eigenvalue weighted by Gasteiger charge is 2.31. The summed E-state index contributed by atoms with van der Waals surface area (Å²) in [5.41, 5.74) is 2.98. The summed E-state index contributed by atoms with van der Waals surface area (Å²) in [5.74, 6) is 0.972. The number of aromatic amines is 1. The molecule has 34 heavy (non-hydrogen) atoms. The van der Waals surface area contributed by atoms with Gasteiger partial charge in [0.2, 0.25) is 15.9 Å². The number of H-pyrrole nitrogens is 1. The number of para-hydroxylation sites is 1. The first-order valence-electron chi connectivity index (χ1n) is 10.9. The van der Waals surface area contributed by atoms with Crippen molar-refractivity contribution in [3.8, 4) is 11.4 Å². The lowest BCUT2D eigenvalue weighted by Gasteiger charge is -2.09. The third kappa shape index (κ3) is 4.86. The highest BCUT2D eigenvalue weighted by atomic mass is 32.2. The number of amides is 1. The van der Waals surface area contributed by atoms with Gasteiger partial charge in [-0.15, -0.1) is 10.2 Å². The van der Waals surface area contributed by atoms with Gasteiger partial charge in [0.25, 0.3) is 0 Å².